The van der Waals surface area contributed by atoms with Crippen LogP contribution in [0.25, 0.3) is 0 Å². The molecule has 0 saturated heterocycles. The molecule has 1 aromatic rings. The quantitative estimate of drug-likeness (QED) is 0.783. The number of urea groups is 1. The van der Waals surface area contributed by atoms with Gasteiger partial charge in [-0.2, -0.15) is 0 Å². The molecule has 2 N–H and O–H groups in total. The number of hydrogen-bond donors (Lipinski definition) is 2. The summed E-state index contributed by atoms with van der Waals surface area (Å²) in [6.45, 7) is 1.54. The lowest BCUT2D eigenvalue weighted by atomic mass is 9.96. The SMILES string of the molecule is COCCCN1CC2=C(C1=O)[C@@H](c1ccc(Cl)c(Cl)c1)NC(=O)N2. The molecule has 0 bridgehead atoms. The lowest BCUT2D eigenvalue weighted by Crippen LogP contribution is -2.44. The normalized spacial score (nSPS) is 20.1. The van der Waals surface area contributed by atoms with Crippen LogP contribution in [0.15, 0.2) is 29.5 Å². The van der Waals surface area contributed by atoms with Gasteiger partial charge in [-0.1, -0.05) is 29.3 Å². The van der Waals surface area contributed by atoms with Crippen LogP contribution in [0.5, 0.6) is 0 Å². The molecule has 2 aliphatic rings. The van der Waals surface area contributed by atoms with E-state index in [1.165, 1.54) is 0 Å². The highest BCUT2D eigenvalue weighted by Crippen LogP contribution is 2.34. The maximum Gasteiger partial charge on any atom is 0.319 e. The molecule has 1 aromatic carbocycles. The number of halogens is 2. The number of amides is 3. The zero-order valence-corrected chi connectivity index (χ0v) is 14.6. The second-order valence-electron chi connectivity index (χ2n) is 5.67. The zero-order chi connectivity index (χ0) is 17.3. The van der Waals surface area contributed by atoms with Crippen molar-refractivity contribution in [2.75, 3.05) is 26.8 Å². The van der Waals surface area contributed by atoms with Gasteiger partial charge in [0.25, 0.3) is 5.91 Å². The number of nitrogens with one attached hydrogen (secondary N) is 2. The Morgan fingerprint density at radius 3 is 2.79 bits per heavy atom. The van der Waals surface area contributed by atoms with Gasteiger partial charge in [0.05, 0.1) is 33.9 Å². The first-order valence-corrected chi connectivity index (χ1v) is 8.30. The summed E-state index contributed by atoms with van der Waals surface area (Å²) in [6.07, 6.45) is 0.738. The molecular formula is C16H17Cl2N3O3. The van der Waals surface area contributed by atoms with E-state index in [1.807, 2.05) is 0 Å². The van der Waals surface area contributed by atoms with Gasteiger partial charge >= 0.3 is 6.03 Å². The molecule has 24 heavy (non-hydrogen) atoms. The van der Waals surface area contributed by atoms with E-state index in [-0.39, 0.29) is 11.9 Å². The van der Waals surface area contributed by atoms with Crippen LogP contribution in [0, 0.1) is 0 Å². The van der Waals surface area contributed by atoms with Gasteiger partial charge in [-0.15, -0.1) is 0 Å². The number of carbonyl (C=O) groups is 2. The van der Waals surface area contributed by atoms with Crippen molar-refractivity contribution < 1.29 is 14.3 Å². The topological polar surface area (TPSA) is 70.7 Å². The van der Waals surface area contributed by atoms with E-state index in [4.69, 9.17) is 27.9 Å². The van der Waals surface area contributed by atoms with Crippen molar-refractivity contribution in [3.63, 3.8) is 0 Å². The average molecular weight is 370 g/mol. The predicted octanol–water partition coefficient (Wildman–Crippen LogP) is 2.48. The van der Waals surface area contributed by atoms with Crippen molar-refractivity contribution >= 4 is 35.1 Å². The molecule has 3 rings (SSSR count). The molecular weight excluding hydrogens is 353 g/mol. The van der Waals surface area contributed by atoms with Crippen LogP contribution in [0.4, 0.5) is 4.79 Å². The van der Waals surface area contributed by atoms with E-state index < -0.39 is 6.04 Å². The first-order chi connectivity index (χ1) is 11.5. The maximum absolute atomic E-state index is 12.8. The van der Waals surface area contributed by atoms with Crippen molar-refractivity contribution in [1.29, 1.82) is 0 Å². The summed E-state index contributed by atoms with van der Waals surface area (Å²) in [4.78, 5) is 26.4. The molecule has 128 valence electrons. The van der Waals surface area contributed by atoms with Crippen LogP contribution in [0.1, 0.15) is 18.0 Å². The highest BCUT2D eigenvalue weighted by molar-refractivity contribution is 6.42. The van der Waals surface area contributed by atoms with Gasteiger partial charge in [-0.3, -0.25) is 4.79 Å². The fraction of sp³-hybridized carbons (Fsp3) is 0.375. The minimum absolute atomic E-state index is 0.0929. The Morgan fingerprint density at radius 1 is 1.29 bits per heavy atom. The number of hydrogen-bond acceptors (Lipinski definition) is 3. The van der Waals surface area contributed by atoms with Crippen LogP contribution in [0.2, 0.25) is 10.0 Å². The molecule has 1 atom stereocenters. The lowest BCUT2D eigenvalue weighted by Gasteiger charge is -2.25. The Bertz CT molecular complexity index is 721. The van der Waals surface area contributed by atoms with Gasteiger partial charge in [-0.05, 0) is 24.1 Å². The molecule has 0 radical (unpaired) electrons. The summed E-state index contributed by atoms with van der Waals surface area (Å²) in [5.74, 6) is -0.0929. The van der Waals surface area contributed by atoms with Crippen LogP contribution in [-0.4, -0.2) is 43.6 Å². The van der Waals surface area contributed by atoms with Crippen molar-refractivity contribution in [3.8, 4) is 0 Å². The van der Waals surface area contributed by atoms with Gasteiger partial charge in [0.1, 0.15) is 0 Å². The minimum Gasteiger partial charge on any atom is -0.385 e. The minimum atomic E-state index is -0.538. The number of carbonyl (C=O) groups excluding carboxylic acids is 2. The Morgan fingerprint density at radius 2 is 2.08 bits per heavy atom. The lowest BCUT2D eigenvalue weighted by molar-refractivity contribution is -0.125. The number of methoxy groups -OCH3 is 1. The molecule has 0 aromatic heterocycles. The van der Waals surface area contributed by atoms with Gasteiger partial charge in [0.2, 0.25) is 0 Å². The summed E-state index contributed by atoms with van der Waals surface area (Å²) in [6, 6.07) is 4.21. The molecule has 0 aliphatic carbocycles. The molecule has 2 aliphatic heterocycles. The summed E-state index contributed by atoms with van der Waals surface area (Å²) < 4.78 is 5.03. The van der Waals surface area contributed by atoms with Crippen molar-refractivity contribution in [1.82, 2.24) is 15.5 Å². The standard InChI is InChI=1S/C16H17Cl2N3O3/c1-24-6-2-5-21-8-12-13(15(21)22)14(20-16(23)19-12)9-3-4-10(17)11(18)7-9/h3-4,7,14H,2,5-6,8H2,1H3,(H2,19,20,23)/t14-/m1/s1. The van der Waals surface area contributed by atoms with E-state index in [0.717, 1.165) is 12.0 Å². The van der Waals surface area contributed by atoms with Gasteiger partial charge in [0, 0.05) is 20.3 Å². The first-order valence-electron chi connectivity index (χ1n) is 7.55. The Hall–Kier alpha value is -1.76. The molecule has 0 fully saturated rings. The van der Waals surface area contributed by atoms with Crippen molar-refractivity contribution in [3.05, 3.63) is 45.1 Å². The van der Waals surface area contributed by atoms with Crippen LogP contribution >= 0.6 is 23.2 Å². The van der Waals surface area contributed by atoms with Crippen LogP contribution in [-0.2, 0) is 9.53 Å². The van der Waals surface area contributed by atoms with E-state index in [9.17, 15) is 9.59 Å². The highest BCUT2D eigenvalue weighted by Gasteiger charge is 2.40. The second-order valence-corrected chi connectivity index (χ2v) is 6.48. The molecule has 3 amide bonds. The van der Waals surface area contributed by atoms with Crippen LogP contribution in [0.3, 0.4) is 0 Å². The van der Waals surface area contributed by atoms with Crippen molar-refractivity contribution in [2.45, 2.75) is 12.5 Å². The second kappa shape index (κ2) is 7.01. The van der Waals surface area contributed by atoms with Crippen molar-refractivity contribution in [2.24, 2.45) is 0 Å². The molecule has 0 spiro atoms. The molecule has 2 heterocycles. The van der Waals surface area contributed by atoms with Gasteiger partial charge in [0.15, 0.2) is 0 Å². The van der Waals surface area contributed by atoms with E-state index in [2.05, 4.69) is 10.6 Å². The summed E-state index contributed by atoms with van der Waals surface area (Å²) in [5.41, 5.74) is 1.90. The Balaban J connectivity index is 1.87. The van der Waals surface area contributed by atoms with E-state index in [1.54, 1.807) is 30.2 Å². The predicted molar refractivity (Wildman–Crippen MR) is 91.0 cm³/mol. The summed E-state index contributed by atoms with van der Waals surface area (Å²) in [5, 5.41) is 6.32. The average Bonchev–Trinajstić information content (AvgIpc) is 2.85. The fourth-order valence-electron chi connectivity index (χ4n) is 2.95. The summed E-state index contributed by atoms with van der Waals surface area (Å²) in [7, 11) is 1.62. The third kappa shape index (κ3) is 3.22. The molecule has 6 nitrogen and oxygen atoms in total. The van der Waals surface area contributed by atoms with E-state index in [0.29, 0.717) is 41.0 Å². The monoisotopic (exact) mass is 369 g/mol. The van der Waals surface area contributed by atoms with Gasteiger partial charge in [-0.25, -0.2) is 4.79 Å². The van der Waals surface area contributed by atoms with Crippen LogP contribution < -0.4 is 10.6 Å². The van der Waals surface area contributed by atoms with Gasteiger partial charge < -0.3 is 20.3 Å². The molecule has 8 heteroatoms. The number of benzene rings is 1. The Labute approximate surface area is 149 Å². The third-order valence-corrected chi connectivity index (χ3v) is 4.81. The highest BCUT2D eigenvalue weighted by atomic mass is 35.5. The zero-order valence-electron chi connectivity index (χ0n) is 13.1. The molecule has 0 unspecified atom stereocenters. The van der Waals surface area contributed by atoms with E-state index >= 15 is 0 Å². The third-order valence-electron chi connectivity index (χ3n) is 4.07. The maximum atomic E-state index is 12.8. The largest absolute Gasteiger partial charge is 0.385 e. The Kier molecular flexibility index (Phi) is 4.99. The molecule has 0 saturated carbocycles. The summed E-state index contributed by atoms with van der Waals surface area (Å²) >= 11 is 12.0. The fourth-order valence-corrected chi connectivity index (χ4v) is 3.26. The number of ether oxygens (including phenoxy) is 1. The smallest absolute Gasteiger partial charge is 0.319 e. The number of rotatable bonds is 5. The first kappa shape index (κ1) is 17.1. The number of nitrogens with zero attached hydrogens (tertiary/aromatic N) is 1.